The van der Waals surface area contributed by atoms with Crippen molar-refractivity contribution in [1.82, 2.24) is 0 Å². The number of nitrogens with two attached hydrogens (primary N) is 1. The highest BCUT2D eigenvalue weighted by Gasteiger charge is 2.26. The van der Waals surface area contributed by atoms with Gasteiger partial charge in [0.1, 0.15) is 6.54 Å². The summed E-state index contributed by atoms with van der Waals surface area (Å²) < 4.78 is 0. The lowest BCUT2D eigenvalue weighted by Gasteiger charge is -2.29. The van der Waals surface area contributed by atoms with Gasteiger partial charge in [0.25, 0.3) is 5.91 Å². The zero-order valence-corrected chi connectivity index (χ0v) is 8.99. The van der Waals surface area contributed by atoms with Crippen molar-refractivity contribution in [2.45, 2.75) is 25.9 Å². The molecular weight excluding hydrogens is 188 g/mol. The lowest BCUT2D eigenvalue weighted by atomic mass is 9.99. The monoisotopic (exact) mass is 205 g/mol. The first-order valence-corrected chi connectivity index (χ1v) is 5.39. The molecule has 1 aromatic rings. The molecule has 0 spiro atoms. The summed E-state index contributed by atoms with van der Waals surface area (Å²) in [6, 6.07) is 8.35. The minimum atomic E-state index is -0.204. The molecule has 0 radical (unpaired) electrons. The summed E-state index contributed by atoms with van der Waals surface area (Å²) in [7, 11) is 0. The number of benzene rings is 1. The van der Waals surface area contributed by atoms with Crippen molar-refractivity contribution in [3.8, 4) is 0 Å². The number of primary amides is 1. The van der Waals surface area contributed by atoms with Crippen molar-refractivity contribution in [1.29, 1.82) is 0 Å². The Morgan fingerprint density at radius 1 is 1.40 bits per heavy atom. The fourth-order valence-electron chi connectivity index (χ4n) is 2.17. The van der Waals surface area contributed by atoms with E-state index in [1.54, 1.807) is 0 Å². The van der Waals surface area contributed by atoms with Gasteiger partial charge >= 0.3 is 0 Å². The normalized spacial score (nSPS) is 21.8. The topological polar surface area (TPSA) is 47.5 Å². The second-order valence-electron chi connectivity index (χ2n) is 4.23. The molecule has 3 nitrogen and oxygen atoms in total. The summed E-state index contributed by atoms with van der Waals surface area (Å²) in [5.74, 6) is -0.204. The molecule has 0 saturated heterocycles. The van der Waals surface area contributed by atoms with Gasteiger partial charge in [0, 0.05) is 12.0 Å². The molecule has 1 amide bonds. The molecule has 0 bridgehead atoms. The van der Waals surface area contributed by atoms with E-state index in [0.717, 1.165) is 19.5 Å². The van der Waals surface area contributed by atoms with Crippen LogP contribution in [-0.4, -0.2) is 18.5 Å². The van der Waals surface area contributed by atoms with Crippen LogP contribution in [0, 0.1) is 0 Å². The van der Waals surface area contributed by atoms with E-state index in [1.165, 1.54) is 16.0 Å². The predicted octanol–water partition coefficient (Wildman–Crippen LogP) is -0.499. The Morgan fingerprint density at radius 3 is 2.73 bits per heavy atom. The van der Waals surface area contributed by atoms with E-state index >= 15 is 0 Å². The van der Waals surface area contributed by atoms with Gasteiger partial charge < -0.3 is 10.6 Å². The minimum absolute atomic E-state index is 0.0849. The molecule has 3 N–H and O–H groups in total. The Bertz CT molecular complexity index is 376. The van der Waals surface area contributed by atoms with E-state index in [1.807, 2.05) is 6.92 Å². The summed E-state index contributed by atoms with van der Waals surface area (Å²) in [6.07, 6.45) is 1.04. The van der Waals surface area contributed by atoms with E-state index in [4.69, 9.17) is 5.73 Å². The van der Waals surface area contributed by atoms with Gasteiger partial charge in [0.05, 0.1) is 6.54 Å². The zero-order valence-electron chi connectivity index (χ0n) is 8.99. The van der Waals surface area contributed by atoms with E-state index in [2.05, 4.69) is 24.3 Å². The first kappa shape index (κ1) is 10.2. The van der Waals surface area contributed by atoms with Crippen molar-refractivity contribution in [3.63, 3.8) is 0 Å². The molecule has 80 valence electrons. The summed E-state index contributed by atoms with van der Waals surface area (Å²) in [6.45, 7) is 3.83. The molecule has 0 saturated carbocycles. The van der Waals surface area contributed by atoms with Crippen LogP contribution >= 0.6 is 0 Å². The van der Waals surface area contributed by atoms with E-state index in [0.29, 0.717) is 0 Å². The van der Waals surface area contributed by atoms with Crippen molar-refractivity contribution < 1.29 is 9.69 Å². The molecule has 2 atom stereocenters. The van der Waals surface area contributed by atoms with E-state index in [9.17, 15) is 4.79 Å². The second-order valence-corrected chi connectivity index (χ2v) is 4.23. The number of rotatable bonds is 2. The molecule has 0 aliphatic carbocycles. The fourth-order valence-corrected chi connectivity index (χ4v) is 2.17. The number of carbonyl (C=O) groups excluding carboxylic acids is 1. The van der Waals surface area contributed by atoms with Gasteiger partial charge in [-0.3, -0.25) is 4.79 Å². The molecular formula is C12H17N2O+. The molecule has 1 unspecified atom stereocenters. The van der Waals surface area contributed by atoms with Crippen LogP contribution in [-0.2, 0) is 17.8 Å². The SMILES string of the molecule is C[C@H](C(N)=O)[NH+]1CCc2ccccc2C1. The van der Waals surface area contributed by atoms with Gasteiger partial charge in [-0.2, -0.15) is 0 Å². The lowest BCUT2D eigenvalue weighted by Crippen LogP contribution is -3.16. The first-order chi connectivity index (χ1) is 7.18. The van der Waals surface area contributed by atoms with E-state index in [-0.39, 0.29) is 11.9 Å². The van der Waals surface area contributed by atoms with Crippen LogP contribution in [0.1, 0.15) is 18.1 Å². The van der Waals surface area contributed by atoms with Gasteiger partial charge in [-0.25, -0.2) is 0 Å². The lowest BCUT2D eigenvalue weighted by molar-refractivity contribution is -0.929. The van der Waals surface area contributed by atoms with Crippen LogP contribution in [0.3, 0.4) is 0 Å². The number of hydrogen-bond donors (Lipinski definition) is 2. The van der Waals surface area contributed by atoms with Gasteiger partial charge in [-0.05, 0) is 12.5 Å². The van der Waals surface area contributed by atoms with Crippen LogP contribution in [0.4, 0.5) is 0 Å². The number of carbonyl (C=O) groups is 1. The third kappa shape index (κ3) is 2.02. The maximum atomic E-state index is 11.1. The quantitative estimate of drug-likeness (QED) is 0.672. The second kappa shape index (κ2) is 4.03. The van der Waals surface area contributed by atoms with Gasteiger partial charge in [0.2, 0.25) is 0 Å². The zero-order chi connectivity index (χ0) is 10.8. The van der Waals surface area contributed by atoms with Crippen LogP contribution in [0.2, 0.25) is 0 Å². The minimum Gasteiger partial charge on any atom is -0.365 e. The smallest absolute Gasteiger partial charge is 0.275 e. The molecule has 1 aromatic carbocycles. The standard InChI is InChI=1S/C12H16N2O/c1-9(12(13)15)14-7-6-10-4-2-3-5-11(10)8-14/h2-5,9H,6-8H2,1H3,(H2,13,15)/p+1/t9-/m1/s1. The molecule has 15 heavy (non-hydrogen) atoms. The summed E-state index contributed by atoms with van der Waals surface area (Å²) in [5, 5.41) is 0. The molecule has 1 aliphatic heterocycles. The number of amides is 1. The van der Waals surface area contributed by atoms with Crippen molar-refractivity contribution in [2.24, 2.45) is 5.73 Å². The molecule has 0 aromatic heterocycles. The highest BCUT2D eigenvalue weighted by molar-refractivity contribution is 5.77. The van der Waals surface area contributed by atoms with Crippen LogP contribution in [0.5, 0.6) is 0 Å². The van der Waals surface area contributed by atoms with Crippen LogP contribution in [0.15, 0.2) is 24.3 Å². The Balaban J connectivity index is 2.15. The largest absolute Gasteiger partial charge is 0.365 e. The molecule has 2 rings (SSSR count). The third-order valence-corrected chi connectivity index (χ3v) is 3.29. The Kier molecular flexibility index (Phi) is 2.73. The van der Waals surface area contributed by atoms with Crippen LogP contribution < -0.4 is 10.6 Å². The third-order valence-electron chi connectivity index (χ3n) is 3.29. The Hall–Kier alpha value is -1.35. The highest BCUT2D eigenvalue weighted by atomic mass is 16.1. The number of quaternary nitrogens is 1. The Labute approximate surface area is 89.9 Å². The van der Waals surface area contributed by atoms with Gasteiger partial charge in [-0.1, -0.05) is 24.3 Å². The molecule has 1 aliphatic rings. The van der Waals surface area contributed by atoms with Gasteiger partial charge in [0.15, 0.2) is 6.04 Å². The highest BCUT2D eigenvalue weighted by Crippen LogP contribution is 2.10. The number of fused-ring (bicyclic) bond motifs is 1. The molecule has 1 heterocycles. The first-order valence-electron chi connectivity index (χ1n) is 5.39. The van der Waals surface area contributed by atoms with Crippen molar-refractivity contribution >= 4 is 5.91 Å². The van der Waals surface area contributed by atoms with Crippen molar-refractivity contribution in [3.05, 3.63) is 35.4 Å². The Morgan fingerprint density at radius 2 is 2.07 bits per heavy atom. The summed E-state index contributed by atoms with van der Waals surface area (Å²) in [4.78, 5) is 12.4. The fraction of sp³-hybridized carbons (Fsp3) is 0.417. The average molecular weight is 205 g/mol. The van der Waals surface area contributed by atoms with Crippen molar-refractivity contribution in [2.75, 3.05) is 6.54 Å². The maximum absolute atomic E-state index is 11.1. The molecule has 3 heteroatoms. The summed E-state index contributed by atoms with van der Waals surface area (Å²) >= 11 is 0. The molecule has 0 fully saturated rings. The number of nitrogens with one attached hydrogen (secondary N) is 1. The average Bonchev–Trinajstić information content (AvgIpc) is 2.27. The van der Waals surface area contributed by atoms with Crippen LogP contribution in [0.25, 0.3) is 0 Å². The summed E-state index contributed by atoms with van der Waals surface area (Å²) in [5.41, 5.74) is 8.10. The maximum Gasteiger partial charge on any atom is 0.275 e. The number of hydrogen-bond acceptors (Lipinski definition) is 1. The van der Waals surface area contributed by atoms with Gasteiger partial charge in [-0.15, -0.1) is 0 Å². The van der Waals surface area contributed by atoms with E-state index < -0.39 is 0 Å². The predicted molar refractivity (Wildman–Crippen MR) is 58.3 cm³/mol.